The van der Waals surface area contributed by atoms with E-state index < -0.39 is 17.4 Å². The zero-order valence-electron chi connectivity index (χ0n) is 16.2. The van der Waals surface area contributed by atoms with E-state index in [1.807, 2.05) is 19.9 Å². The lowest BCUT2D eigenvalue weighted by Crippen LogP contribution is -2.46. The highest BCUT2D eigenvalue weighted by Crippen LogP contribution is 2.32. The van der Waals surface area contributed by atoms with Crippen LogP contribution in [0.25, 0.3) is 0 Å². The summed E-state index contributed by atoms with van der Waals surface area (Å²) in [6.45, 7) is 5.27. The third kappa shape index (κ3) is 4.03. The van der Waals surface area contributed by atoms with E-state index in [0.717, 1.165) is 17.5 Å². The lowest BCUT2D eigenvalue weighted by molar-refractivity contribution is -0.157. The molecule has 0 atom stereocenters. The first-order chi connectivity index (χ1) is 13.3. The van der Waals surface area contributed by atoms with Crippen molar-refractivity contribution in [3.05, 3.63) is 58.9 Å². The summed E-state index contributed by atoms with van der Waals surface area (Å²) in [7, 11) is 0. The minimum atomic E-state index is -2.18. The Hall–Kier alpha value is -3.22. The van der Waals surface area contributed by atoms with Gasteiger partial charge < -0.3 is 15.5 Å². The molecule has 1 aromatic heterocycles. The monoisotopic (exact) mass is 384 g/mol. The Kier molecular flexibility index (Phi) is 6.51. The molecule has 0 aliphatic rings. The number of benzene rings is 1. The molecule has 1 heterocycles. The Labute approximate surface area is 163 Å². The third-order valence-electron chi connectivity index (χ3n) is 4.84. The van der Waals surface area contributed by atoms with Crippen LogP contribution in [-0.4, -0.2) is 33.0 Å². The number of amides is 1. The molecular formula is C21H24N2O5. The second-order valence-electron chi connectivity index (χ2n) is 6.55. The molecule has 0 saturated heterocycles. The highest BCUT2D eigenvalue weighted by Gasteiger charge is 2.49. The van der Waals surface area contributed by atoms with Crippen molar-refractivity contribution in [2.45, 2.75) is 45.4 Å². The van der Waals surface area contributed by atoms with Crippen molar-refractivity contribution in [3.8, 4) is 0 Å². The number of rotatable bonds is 8. The summed E-state index contributed by atoms with van der Waals surface area (Å²) in [6, 6.07) is 7.70. The summed E-state index contributed by atoms with van der Waals surface area (Å²) in [5, 5.41) is 22.4. The van der Waals surface area contributed by atoms with Crippen LogP contribution in [0.2, 0.25) is 0 Å². The van der Waals surface area contributed by atoms with Gasteiger partial charge in [-0.3, -0.25) is 19.4 Å². The van der Waals surface area contributed by atoms with Gasteiger partial charge in [0.2, 0.25) is 5.91 Å². The molecule has 0 unspecified atom stereocenters. The Bertz CT molecular complexity index is 876. The topological polar surface area (TPSA) is 117 Å². The summed E-state index contributed by atoms with van der Waals surface area (Å²) < 4.78 is 0. The molecule has 2 aromatic rings. The highest BCUT2D eigenvalue weighted by molar-refractivity contribution is 6.05. The van der Waals surface area contributed by atoms with Crippen molar-refractivity contribution >= 4 is 23.5 Å². The van der Waals surface area contributed by atoms with Crippen LogP contribution in [0.15, 0.2) is 36.5 Å². The zero-order valence-corrected chi connectivity index (χ0v) is 16.2. The maximum Gasteiger partial charge on any atom is 0.326 e. The predicted octanol–water partition coefficient (Wildman–Crippen LogP) is 2.81. The molecule has 0 aliphatic heterocycles. The van der Waals surface area contributed by atoms with Gasteiger partial charge in [0, 0.05) is 30.9 Å². The van der Waals surface area contributed by atoms with Crippen molar-refractivity contribution in [3.63, 3.8) is 0 Å². The van der Waals surface area contributed by atoms with Crippen LogP contribution in [0, 0.1) is 0 Å². The molecule has 7 nitrogen and oxygen atoms in total. The van der Waals surface area contributed by atoms with Gasteiger partial charge >= 0.3 is 11.9 Å². The molecule has 0 fully saturated rings. The molecule has 0 aliphatic carbocycles. The van der Waals surface area contributed by atoms with Gasteiger partial charge in [-0.05, 0) is 47.7 Å². The first-order valence-corrected chi connectivity index (χ1v) is 9.06. The van der Waals surface area contributed by atoms with Crippen LogP contribution in [-0.2, 0) is 39.1 Å². The van der Waals surface area contributed by atoms with Gasteiger partial charge in [0.1, 0.15) is 0 Å². The maximum absolute atomic E-state index is 12.2. The number of anilines is 1. The number of hydrogen-bond acceptors (Lipinski definition) is 4. The number of hydrogen-bond donors (Lipinski definition) is 3. The lowest BCUT2D eigenvalue weighted by atomic mass is 9.75. The van der Waals surface area contributed by atoms with Crippen molar-refractivity contribution in [2.75, 3.05) is 5.32 Å². The summed E-state index contributed by atoms with van der Waals surface area (Å²) in [4.78, 5) is 39.9. The molecule has 2 rings (SSSR count). The minimum absolute atomic E-state index is 0.118. The van der Waals surface area contributed by atoms with E-state index in [1.165, 1.54) is 31.2 Å². The maximum atomic E-state index is 12.2. The highest BCUT2D eigenvalue weighted by atomic mass is 16.4. The fourth-order valence-corrected chi connectivity index (χ4v) is 3.38. The standard InChI is InChI=1S/C21H24N2O5/c1-4-14-10-11-22-18(17(14)5-2)12-21(19(25)26,20(27)28)15-6-8-16(9-7-15)23-13(3)24/h6-11H,4-5,12H2,1-3H3,(H,23,24)(H,25,26)(H,27,28). The first-order valence-electron chi connectivity index (χ1n) is 9.06. The van der Waals surface area contributed by atoms with Crippen molar-refractivity contribution in [1.82, 2.24) is 4.98 Å². The number of carboxylic acid groups (broad SMARTS) is 2. The number of aryl methyl sites for hydroxylation is 1. The van der Waals surface area contributed by atoms with E-state index in [1.54, 1.807) is 6.20 Å². The second-order valence-corrected chi connectivity index (χ2v) is 6.55. The van der Waals surface area contributed by atoms with Gasteiger partial charge in [0.25, 0.3) is 0 Å². The van der Waals surface area contributed by atoms with Gasteiger partial charge in [-0.25, -0.2) is 0 Å². The fourth-order valence-electron chi connectivity index (χ4n) is 3.38. The molecule has 1 aromatic carbocycles. The number of carboxylic acids is 2. The van der Waals surface area contributed by atoms with Crippen LogP contribution in [0.5, 0.6) is 0 Å². The summed E-state index contributed by atoms with van der Waals surface area (Å²) >= 11 is 0. The largest absolute Gasteiger partial charge is 0.480 e. The number of pyridine rings is 1. The van der Waals surface area contributed by atoms with Gasteiger partial charge in [-0.1, -0.05) is 26.0 Å². The molecule has 0 bridgehead atoms. The van der Waals surface area contributed by atoms with Crippen LogP contribution in [0.4, 0.5) is 5.69 Å². The Balaban J connectivity index is 2.58. The molecule has 0 saturated carbocycles. The quantitative estimate of drug-likeness (QED) is 0.603. The van der Waals surface area contributed by atoms with Crippen LogP contribution in [0.1, 0.15) is 43.2 Å². The van der Waals surface area contributed by atoms with Crippen molar-refractivity contribution < 1.29 is 24.6 Å². The Morgan fingerprint density at radius 3 is 2.07 bits per heavy atom. The molecule has 148 valence electrons. The van der Waals surface area contributed by atoms with Gasteiger partial charge in [-0.2, -0.15) is 0 Å². The summed E-state index contributed by atoms with van der Waals surface area (Å²) in [5.74, 6) is -3.19. The van der Waals surface area contributed by atoms with E-state index in [9.17, 15) is 24.6 Å². The molecule has 0 spiro atoms. The molecule has 0 radical (unpaired) electrons. The van der Waals surface area contributed by atoms with Crippen LogP contribution < -0.4 is 5.32 Å². The minimum Gasteiger partial charge on any atom is -0.480 e. The van der Waals surface area contributed by atoms with Gasteiger partial charge in [0.15, 0.2) is 5.41 Å². The Morgan fingerprint density at radius 1 is 1.00 bits per heavy atom. The van der Waals surface area contributed by atoms with Crippen molar-refractivity contribution in [2.24, 2.45) is 0 Å². The molecule has 1 amide bonds. The van der Waals surface area contributed by atoms with E-state index >= 15 is 0 Å². The number of aromatic nitrogens is 1. The fraction of sp³-hybridized carbons (Fsp3) is 0.333. The number of nitrogens with one attached hydrogen (secondary N) is 1. The normalized spacial score (nSPS) is 11.1. The molecule has 28 heavy (non-hydrogen) atoms. The molecule has 3 N–H and O–H groups in total. The average Bonchev–Trinajstić information content (AvgIpc) is 2.65. The first kappa shape index (κ1) is 21.1. The van der Waals surface area contributed by atoms with E-state index in [-0.39, 0.29) is 17.9 Å². The number of carbonyl (C=O) groups excluding carboxylic acids is 1. The second kappa shape index (κ2) is 8.65. The van der Waals surface area contributed by atoms with Crippen molar-refractivity contribution in [1.29, 1.82) is 0 Å². The lowest BCUT2D eigenvalue weighted by Gasteiger charge is -2.26. The zero-order chi connectivity index (χ0) is 20.9. The Morgan fingerprint density at radius 2 is 1.61 bits per heavy atom. The SMILES string of the molecule is CCc1ccnc(CC(C(=O)O)(C(=O)O)c2ccc(NC(C)=O)cc2)c1CC. The summed E-state index contributed by atoms with van der Waals surface area (Å²) in [5.41, 5.74) is 0.772. The number of nitrogens with zero attached hydrogens (tertiary/aromatic N) is 1. The van der Waals surface area contributed by atoms with E-state index in [2.05, 4.69) is 10.3 Å². The van der Waals surface area contributed by atoms with Gasteiger partial charge in [0.05, 0.1) is 0 Å². The van der Waals surface area contributed by atoms with E-state index in [0.29, 0.717) is 17.8 Å². The summed E-state index contributed by atoms with van der Waals surface area (Å²) in [6.07, 6.45) is 2.69. The molecular weight excluding hydrogens is 360 g/mol. The third-order valence-corrected chi connectivity index (χ3v) is 4.84. The van der Waals surface area contributed by atoms with Crippen LogP contribution in [0.3, 0.4) is 0 Å². The molecule has 7 heteroatoms. The van der Waals surface area contributed by atoms with E-state index in [4.69, 9.17) is 0 Å². The predicted molar refractivity (Wildman–Crippen MR) is 104 cm³/mol. The number of carbonyl (C=O) groups is 3. The average molecular weight is 384 g/mol. The smallest absolute Gasteiger partial charge is 0.326 e. The number of aliphatic carboxylic acids is 2. The van der Waals surface area contributed by atoms with Gasteiger partial charge in [-0.15, -0.1) is 0 Å². The van der Waals surface area contributed by atoms with Crippen LogP contribution >= 0.6 is 0 Å².